The maximum absolute atomic E-state index is 11.3. The summed E-state index contributed by atoms with van der Waals surface area (Å²) >= 11 is 0. The minimum Gasteiger partial charge on any atom is -0.364 e. The first kappa shape index (κ1) is 16.6. The SMILES string of the molecule is CC(C)c1nn(C)c(NCCC(C)S(C)=O)c1[N+](=O)[O-]. The van der Waals surface area contributed by atoms with Gasteiger partial charge >= 0.3 is 5.69 Å². The largest absolute Gasteiger partial charge is 0.364 e. The van der Waals surface area contributed by atoms with Gasteiger partial charge in [-0.1, -0.05) is 20.8 Å². The molecule has 1 N–H and O–H groups in total. The maximum Gasteiger partial charge on any atom is 0.334 e. The summed E-state index contributed by atoms with van der Waals surface area (Å²) in [6, 6.07) is 0. The number of aromatic nitrogens is 2. The zero-order chi connectivity index (χ0) is 15.4. The average Bonchev–Trinajstić information content (AvgIpc) is 2.66. The van der Waals surface area contributed by atoms with Gasteiger partial charge in [-0.2, -0.15) is 5.10 Å². The van der Waals surface area contributed by atoms with Crippen molar-refractivity contribution in [1.29, 1.82) is 0 Å². The normalized spacial score (nSPS) is 14.3. The first-order valence-corrected chi connectivity index (χ1v) is 8.15. The number of nitrogens with one attached hydrogen (secondary N) is 1. The van der Waals surface area contributed by atoms with Crippen molar-refractivity contribution in [1.82, 2.24) is 9.78 Å². The lowest BCUT2D eigenvalue weighted by Crippen LogP contribution is -2.16. The van der Waals surface area contributed by atoms with Crippen molar-refractivity contribution in [3.8, 4) is 0 Å². The predicted octanol–water partition coefficient (Wildman–Crippen LogP) is 2.02. The molecule has 0 amide bonds. The van der Waals surface area contributed by atoms with Gasteiger partial charge in [0.25, 0.3) is 0 Å². The van der Waals surface area contributed by atoms with Crippen LogP contribution in [0.4, 0.5) is 11.5 Å². The number of aryl methyl sites for hydroxylation is 1. The van der Waals surface area contributed by atoms with Crippen LogP contribution in [0.5, 0.6) is 0 Å². The number of nitrogens with zero attached hydrogens (tertiary/aromatic N) is 3. The third-order valence-electron chi connectivity index (χ3n) is 3.19. The highest BCUT2D eigenvalue weighted by atomic mass is 32.2. The Bertz CT molecular complexity index is 513. The fourth-order valence-electron chi connectivity index (χ4n) is 1.86. The second kappa shape index (κ2) is 6.83. The summed E-state index contributed by atoms with van der Waals surface area (Å²) in [6.45, 7) is 6.18. The van der Waals surface area contributed by atoms with E-state index >= 15 is 0 Å². The molecule has 1 aromatic heterocycles. The van der Waals surface area contributed by atoms with Crippen molar-refractivity contribution in [2.45, 2.75) is 38.4 Å². The highest BCUT2D eigenvalue weighted by Gasteiger charge is 2.28. The molecular formula is C12H22N4O3S. The third kappa shape index (κ3) is 3.78. The van der Waals surface area contributed by atoms with Crippen LogP contribution in [0, 0.1) is 10.1 Å². The third-order valence-corrected chi connectivity index (χ3v) is 4.56. The quantitative estimate of drug-likeness (QED) is 0.614. The van der Waals surface area contributed by atoms with Gasteiger partial charge in [-0.15, -0.1) is 0 Å². The second-order valence-electron chi connectivity index (χ2n) is 5.14. The Morgan fingerprint density at radius 2 is 2.05 bits per heavy atom. The van der Waals surface area contributed by atoms with Crippen LogP contribution >= 0.6 is 0 Å². The van der Waals surface area contributed by atoms with E-state index in [-0.39, 0.29) is 16.9 Å². The van der Waals surface area contributed by atoms with Gasteiger partial charge < -0.3 is 5.32 Å². The van der Waals surface area contributed by atoms with Crippen LogP contribution in [-0.4, -0.2) is 37.0 Å². The topological polar surface area (TPSA) is 90.1 Å². The van der Waals surface area contributed by atoms with Gasteiger partial charge in [-0.05, 0) is 6.42 Å². The van der Waals surface area contributed by atoms with Gasteiger partial charge in [0, 0.05) is 41.8 Å². The molecule has 1 rings (SSSR count). The number of nitro groups is 1. The van der Waals surface area contributed by atoms with E-state index in [9.17, 15) is 14.3 Å². The van der Waals surface area contributed by atoms with E-state index < -0.39 is 15.7 Å². The summed E-state index contributed by atoms with van der Waals surface area (Å²) < 4.78 is 12.8. The van der Waals surface area contributed by atoms with E-state index in [1.54, 1.807) is 13.3 Å². The van der Waals surface area contributed by atoms with E-state index in [4.69, 9.17) is 0 Å². The van der Waals surface area contributed by atoms with Gasteiger partial charge in [0.1, 0.15) is 5.69 Å². The molecule has 0 aliphatic heterocycles. The van der Waals surface area contributed by atoms with Gasteiger partial charge in [0.2, 0.25) is 5.82 Å². The van der Waals surface area contributed by atoms with Gasteiger partial charge in [0.15, 0.2) is 0 Å². The van der Waals surface area contributed by atoms with Crippen LogP contribution in [0.2, 0.25) is 0 Å². The number of hydrogen-bond donors (Lipinski definition) is 1. The van der Waals surface area contributed by atoms with Crippen molar-refractivity contribution >= 4 is 22.3 Å². The molecule has 2 unspecified atom stereocenters. The average molecular weight is 302 g/mol. The van der Waals surface area contributed by atoms with Crippen LogP contribution in [-0.2, 0) is 17.8 Å². The van der Waals surface area contributed by atoms with Crippen LogP contribution in [0.3, 0.4) is 0 Å². The molecule has 0 saturated heterocycles. The molecule has 0 saturated carbocycles. The highest BCUT2D eigenvalue weighted by molar-refractivity contribution is 7.84. The zero-order valence-electron chi connectivity index (χ0n) is 12.5. The van der Waals surface area contributed by atoms with Crippen molar-refractivity contribution in [2.75, 3.05) is 18.1 Å². The van der Waals surface area contributed by atoms with E-state index in [1.165, 1.54) is 4.68 Å². The minimum absolute atomic E-state index is 0.0146. The molecule has 2 atom stereocenters. The Kier molecular flexibility index (Phi) is 5.67. The fraction of sp³-hybridized carbons (Fsp3) is 0.750. The number of rotatable bonds is 7. The molecule has 7 nitrogen and oxygen atoms in total. The minimum atomic E-state index is -0.886. The predicted molar refractivity (Wildman–Crippen MR) is 80.6 cm³/mol. The van der Waals surface area contributed by atoms with Crippen molar-refractivity contribution in [2.24, 2.45) is 7.05 Å². The lowest BCUT2D eigenvalue weighted by Gasteiger charge is -2.09. The van der Waals surface area contributed by atoms with Crippen molar-refractivity contribution < 1.29 is 9.13 Å². The molecule has 0 bridgehead atoms. The van der Waals surface area contributed by atoms with E-state index in [0.717, 1.165) is 0 Å². The molecule has 0 spiro atoms. The summed E-state index contributed by atoms with van der Waals surface area (Å²) in [5, 5.41) is 18.5. The van der Waals surface area contributed by atoms with E-state index in [0.29, 0.717) is 24.5 Å². The summed E-state index contributed by atoms with van der Waals surface area (Å²) in [6.07, 6.45) is 2.34. The molecule has 114 valence electrons. The molecule has 0 aromatic carbocycles. The molecular weight excluding hydrogens is 280 g/mol. The summed E-state index contributed by atoms with van der Waals surface area (Å²) in [5.41, 5.74) is 0.514. The first-order valence-electron chi connectivity index (χ1n) is 6.53. The first-order chi connectivity index (χ1) is 9.25. The van der Waals surface area contributed by atoms with E-state index in [2.05, 4.69) is 10.4 Å². The molecule has 1 heterocycles. The summed E-state index contributed by atoms with van der Waals surface area (Å²) in [4.78, 5) is 10.8. The standard InChI is InChI=1S/C12H22N4O3S/c1-8(2)10-11(16(17)18)12(15(4)14-10)13-7-6-9(3)20(5)19/h8-9,13H,6-7H2,1-5H3. The number of hydrogen-bond acceptors (Lipinski definition) is 5. The Labute approximate surface area is 121 Å². The second-order valence-corrected chi connectivity index (χ2v) is 6.94. The smallest absolute Gasteiger partial charge is 0.334 e. The van der Waals surface area contributed by atoms with Crippen LogP contribution < -0.4 is 5.32 Å². The Morgan fingerprint density at radius 3 is 2.50 bits per heavy atom. The molecule has 0 aliphatic carbocycles. The molecule has 1 aromatic rings. The zero-order valence-corrected chi connectivity index (χ0v) is 13.4. The Hall–Kier alpha value is -1.44. The van der Waals surface area contributed by atoms with Crippen molar-refractivity contribution in [3.05, 3.63) is 15.8 Å². The number of anilines is 1. The van der Waals surface area contributed by atoms with Gasteiger partial charge in [-0.3, -0.25) is 14.3 Å². The van der Waals surface area contributed by atoms with Gasteiger partial charge in [-0.25, -0.2) is 4.68 Å². The van der Waals surface area contributed by atoms with Crippen LogP contribution in [0.25, 0.3) is 0 Å². The van der Waals surface area contributed by atoms with E-state index in [1.807, 2.05) is 20.8 Å². The molecule has 8 heteroatoms. The molecule has 0 aliphatic rings. The monoisotopic (exact) mass is 302 g/mol. The van der Waals surface area contributed by atoms with Crippen molar-refractivity contribution in [3.63, 3.8) is 0 Å². The molecule has 0 radical (unpaired) electrons. The van der Waals surface area contributed by atoms with Crippen LogP contribution in [0.1, 0.15) is 38.8 Å². The lowest BCUT2D eigenvalue weighted by molar-refractivity contribution is -0.384. The molecule has 0 fully saturated rings. The summed E-state index contributed by atoms with van der Waals surface area (Å²) in [5.74, 6) is 0.395. The highest BCUT2D eigenvalue weighted by Crippen LogP contribution is 2.32. The Balaban J connectivity index is 2.89. The Morgan fingerprint density at radius 1 is 1.45 bits per heavy atom. The molecule has 20 heavy (non-hydrogen) atoms. The van der Waals surface area contributed by atoms with Gasteiger partial charge in [0.05, 0.1) is 4.92 Å². The van der Waals surface area contributed by atoms with Crippen LogP contribution in [0.15, 0.2) is 0 Å². The fourth-order valence-corrected chi connectivity index (χ4v) is 2.31. The summed E-state index contributed by atoms with van der Waals surface area (Å²) in [7, 11) is 0.797. The lowest BCUT2D eigenvalue weighted by atomic mass is 10.1. The maximum atomic E-state index is 11.3.